The summed E-state index contributed by atoms with van der Waals surface area (Å²) in [6.45, 7) is 1.52. The Balaban J connectivity index is 3.46. The minimum Gasteiger partial charge on any atom is -0.223 e. The summed E-state index contributed by atoms with van der Waals surface area (Å²) in [7, 11) is -4.08. The highest BCUT2D eigenvalue weighted by atomic mass is 35.5. The van der Waals surface area contributed by atoms with Crippen LogP contribution in [0.4, 0.5) is 13.2 Å². The standard InChI is InChI=1S/C10H9ClF3O2S/c1-2-5-17(15,16)9-6-7(11)3-4-8(9)10(12,13)14/h3-6H,2H2,1H3. The van der Waals surface area contributed by atoms with Crippen molar-refractivity contribution in [2.75, 3.05) is 0 Å². The van der Waals surface area contributed by atoms with E-state index in [1.807, 2.05) is 0 Å². The van der Waals surface area contributed by atoms with Crippen molar-refractivity contribution in [2.45, 2.75) is 24.4 Å². The lowest BCUT2D eigenvalue weighted by atomic mass is 10.2. The predicted octanol–water partition coefficient (Wildman–Crippen LogP) is 3.70. The van der Waals surface area contributed by atoms with E-state index < -0.39 is 26.5 Å². The van der Waals surface area contributed by atoms with Gasteiger partial charge in [-0.2, -0.15) is 13.2 Å². The number of halogens is 4. The van der Waals surface area contributed by atoms with E-state index in [-0.39, 0.29) is 11.4 Å². The molecule has 0 amide bonds. The zero-order chi connectivity index (χ0) is 13.3. The molecule has 1 aromatic carbocycles. The molecular formula is C10H9ClF3O2S. The van der Waals surface area contributed by atoms with Gasteiger partial charge in [0, 0.05) is 5.02 Å². The lowest BCUT2D eigenvalue weighted by Crippen LogP contribution is -2.13. The van der Waals surface area contributed by atoms with Crippen molar-refractivity contribution < 1.29 is 21.6 Å². The fourth-order valence-corrected chi connectivity index (χ4v) is 2.91. The topological polar surface area (TPSA) is 34.1 Å². The van der Waals surface area contributed by atoms with Crippen LogP contribution in [-0.2, 0) is 16.0 Å². The van der Waals surface area contributed by atoms with Gasteiger partial charge in [0.2, 0.25) is 0 Å². The molecular weight excluding hydrogens is 277 g/mol. The molecule has 0 spiro atoms. The largest absolute Gasteiger partial charge is 0.417 e. The maximum absolute atomic E-state index is 12.6. The minimum atomic E-state index is -4.73. The van der Waals surface area contributed by atoms with Crippen LogP contribution in [0.3, 0.4) is 0 Å². The Morgan fingerprint density at radius 1 is 1.35 bits per heavy atom. The van der Waals surface area contributed by atoms with Crippen LogP contribution in [0.25, 0.3) is 0 Å². The van der Waals surface area contributed by atoms with Gasteiger partial charge in [-0.05, 0) is 24.6 Å². The molecule has 0 aliphatic carbocycles. The first-order valence-corrected chi connectivity index (χ1v) is 6.56. The fraction of sp³-hybridized carbons (Fsp3) is 0.300. The van der Waals surface area contributed by atoms with E-state index in [4.69, 9.17) is 11.6 Å². The molecule has 7 heteroatoms. The third kappa shape index (κ3) is 3.35. The van der Waals surface area contributed by atoms with Gasteiger partial charge in [-0.3, -0.25) is 0 Å². The molecule has 1 aromatic rings. The number of benzene rings is 1. The van der Waals surface area contributed by atoms with Gasteiger partial charge in [-0.15, -0.1) is 0 Å². The smallest absolute Gasteiger partial charge is 0.223 e. The summed E-state index contributed by atoms with van der Waals surface area (Å²) in [5, 5.41) is -0.0546. The Hall–Kier alpha value is -0.750. The quantitative estimate of drug-likeness (QED) is 0.848. The maximum atomic E-state index is 12.6. The third-order valence-electron chi connectivity index (χ3n) is 1.94. The van der Waals surface area contributed by atoms with Crippen molar-refractivity contribution >= 4 is 21.4 Å². The highest BCUT2D eigenvalue weighted by molar-refractivity contribution is 7.93. The molecule has 1 rings (SSSR count). The van der Waals surface area contributed by atoms with E-state index in [1.54, 1.807) is 0 Å². The summed E-state index contributed by atoms with van der Waals surface area (Å²) in [6, 6.07) is 2.49. The second-order valence-corrected chi connectivity index (χ2v) is 5.56. The first-order valence-electron chi connectivity index (χ1n) is 4.63. The second kappa shape index (κ2) is 4.86. The van der Waals surface area contributed by atoms with E-state index in [9.17, 15) is 21.6 Å². The molecule has 2 nitrogen and oxygen atoms in total. The second-order valence-electron chi connectivity index (χ2n) is 3.26. The van der Waals surface area contributed by atoms with Gasteiger partial charge in [-0.25, -0.2) is 8.42 Å². The molecule has 0 heterocycles. The van der Waals surface area contributed by atoms with Crippen molar-refractivity contribution in [2.24, 2.45) is 0 Å². The summed E-state index contributed by atoms with van der Waals surface area (Å²) in [4.78, 5) is -0.806. The zero-order valence-corrected chi connectivity index (χ0v) is 10.3. The van der Waals surface area contributed by atoms with Gasteiger partial charge in [0.15, 0.2) is 9.84 Å². The molecule has 0 fully saturated rings. The van der Waals surface area contributed by atoms with Crippen LogP contribution in [0, 0.1) is 5.75 Å². The molecule has 0 aliphatic rings. The normalized spacial score (nSPS) is 12.8. The summed E-state index contributed by atoms with van der Waals surface area (Å²) in [6.07, 6.45) is -4.61. The Morgan fingerprint density at radius 3 is 2.41 bits per heavy atom. The molecule has 0 unspecified atom stereocenters. The van der Waals surface area contributed by atoms with Crippen LogP contribution in [0.5, 0.6) is 0 Å². The molecule has 0 saturated heterocycles. The number of sulfone groups is 1. The Bertz CT molecular complexity index is 509. The zero-order valence-electron chi connectivity index (χ0n) is 8.75. The summed E-state index contributed by atoms with van der Waals surface area (Å²) < 4.78 is 61.2. The minimum absolute atomic E-state index is 0.0546. The Morgan fingerprint density at radius 2 is 1.94 bits per heavy atom. The maximum Gasteiger partial charge on any atom is 0.417 e. The average Bonchev–Trinajstić information content (AvgIpc) is 2.15. The Labute approximate surface area is 102 Å². The van der Waals surface area contributed by atoms with Crippen molar-refractivity contribution in [3.8, 4) is 0 Å². The number of hydrogen-bond donors (Lipinski definition) is 0. The van der Waals surface area contributed by atoms with Gasteiger partial charge in [-0.1, -0.05) is 18.5 Å². The summed E-state index contributed by atoms with van der Waals surface area (Å²) >= 11 is 5.53. The van der Waals surface area contributed by atoms with Gasteiger partial charge in [0.05, 0.1) is 16.2 Å². The first kappa shape index (κ1) is 14.3. The molecule has 0 saturated carbocycles. The van der Waals surface area contributed by atoms with Crippen LogP contribution >= 0.6 is 11.6 Å². The monoisotopic (exact) mass is 285 g/mol. The molecule has 0 aromatic heterocycles. The molecule has 1 radical (unpaired) electrons. The lowest BCUT2D eigenvalue weighted by Gasteiger charge is -2.12. The van der Waals surface area contributed by atoms with E-state index >= 15 is 0 Å². The molecule has 17 heavy (non-hydrogen) atoms. The van der Waals surface area contributed by atoms with E-state index in [0.717, 1.165) is 17.9 Å². The van der Waals surface area contributed by atoms with Crippen molar-refractivity contribution in [3.63, 3.8) is 0 Å². The molecule has 0 aliphatic heterocycles. The first-order chi connectivity index (χ1) is 7.68. The van der Waals surface area contributed by atoms with Crippen LogP contribution in [0.1, 0.15) is 18.9 Å². The summed E-state index contributed by atoms with van der Waals surface area (Å²) in [5.74, 6) is 0.827. The van der Waals surface area contributed by atoms with Gasteiger partial charge in [0.25, 0.3) is 0 Å². The fourth-order valence-electron chi connectivity index (χ4n) is 1.27. The van der Waals surface area contributed by atoms with Crippen molar-refractivity contribution in [1.29, 1.82) is 0 Å². The summed E-state index contributed by atoms with van der Waals surface area (Å²) in [5.41, 5.74) is -1.20. The lowest BCUT2D eigenvalue weighted by molar-refractivity contribution is -0.139. The van der Waals surface area contributed by atoms with Crippen LogP contribution in [0.2, 0.25) is 5.02 Å². The van der Waals surface area contributed by atoms with Crippen molar-refractivity contribution in [3.05, 3.63) is 34.5 Å². The van der Waals surface area contributed by atoms with E-state index in [2.05, 4.69) is 0 Å². The molecule has 95 valence electrons. The molecule has 0 N–H and O–H groups in total. The van der Waals surface area contributed by atoms with Crippen LogP contribution in [-0.4, -0.2) is 8.42 Å². The van der Waals surface area contributed by atoms with Crippen molar-refractivity contribution in [1.82, 2.24) is 0 Å². The van der Waals surface area contributed by atoms with Gasteiger partial charge < -0.3 is 0 Å². The Kier molecular flexibility index (Phi) is 4.09. The van der Waals surface area contributed by atoms with Gasteiger partial charge in [0.1, 0.15) is 0 Å². The molecule has 0 bridgehead atoms. The predicted molar refractivity (Wildman–Crippen MR) is 58.2 cm³/mol. The molecule has 0 atom stereocenters. The number of alkyl halides is 3. The van der Waals surface area contributed by atoms with E-state index in [0.29, 0.717) is 6.07 Å². The van der Waals surface area contributed by atoms with Crippen LogP contribution < -0.4 is 0 Å². The van der Waals surface area contributed by atoms with Crippen LogP contribution in [0.15, 0.2) is 23.1 Å². The SMILES string of the molecule is CC[CH]S(=O)(=O)c1cc(Cl)ccc1C(F)(F)F. The highest BCUT2D eigenvalue weighted by Crippen LogP contribution is 2.36. The van der Waals surface area contributed by atoms with Gasteiger partial charge >= 0.3 is 6.18 Å². The highest BCUT2D eigenvalue weighted by Gasteiger charge is 2.36. The average molecular weight is 286 g/mol. The van der Waals surface area contributed by atoms with E-state index in [1.165, 1.54) is 6.92 Å². The third-order valence-corrected chi connectivity index (χ3v) is 3.90. The number of hydrogen-bond acceptors (Lipinski definition) is 2. The number of rotatable bonds is 3.